The number of anilines is 1. The highest BCUT2D eigenvalue weighted by Gasteiger charge is 2.38. The fourth-order valence-electron chi connectivity index (χ4n) is 3.05. The zero-order chi connectivity index (χ0) is 18.8. The molecular weight excluding hydrogens is 320 g/mol. The van der Waals surface area contributed by atoms with Gasteiger partial charge in [-0.15, -0.1) is 0 Å². The van der Waals surface area contributed by atoms with Gasteiger partial charge in [-0.25, -0.2) is 9.59 Å². The van der Waals surface area contributed by atoms with Crippen LogP contribution in [0.5, 0.6) is 0 Å². The van der Waals surface area contributed by atoms with E-state index in [-0.39, 0.29) is 23.1 Å². The molecule has 0 aliphatic carbocycles. The Balaban J connectivity index is 2.05. The van der Waals surface area contributed by atoms with E-state index >= 15 is 0 Å². The van der Waals surface area contributed by atoms with Crippen molar-refractivity contribution in [3.05, 3.63) is 29.8 Å². The molecule has 1 unspecified atom stereocenters. The lowest BCUT2D eigenvalue weighted by molar-refractivity contribution is 0.00690. The highest BCUT2D eigenvalue weighted by molar-refractivity contribution is 5.88. The van der Waals surface area contributed by atoms with Gasteiger partial charge in [0.25, 0.3) is 0 Å². The molecule has 2 N–H and O–H groups in total. The lowest BCUT2D eigenvalue weighted by Crippen LogP contribution is -2.54. The van der Waals surface area contributed by atoms with Crippen LogP contribution in [0, 0.1) is 5.41 Å². The van der Waals surface area contributed by atoms with Crippen molar-refractivity contribution < 1.29 is 19.4 Å². The average Bonchev–Trinajstić information content (AvgIpc) is 2.47. The van der Waals surface area contributed by atoms with E-state index < -0.39 is 11.6 Å². The number of likely N-dealkylation sites (tertiary alicyclic amines) is 1. The molecule has 0 spiro atoms. The Kier molecular flexibility index (Phi) is 5.30. The van der Waals surface area contributed by atoms with Crippen LogP contribution in [0.4, 0.5) is 10.5 Å². The van der Waals surface area contributed by atoms with Gasteiger partial charge in [0.15, 0.2) is 0 Å². The van der Waals surface area contributed by atoms with Crippen LogP contribution < -0.4 is 5.32 Å². The summed E-state index contributed by atoms with van der Waals surface area (Å²) in [5.74, 6) is -0.942. The number of amides is 1. The first-order chi connectivity index (χ1) is 11.5. The molecule has 1 aliphatic heterocycles. The number of carboxylic acids is 1. The number of carbonyl (C=O) groups excluding carboxylic acids is 1. The maximum atomic E-state index is 12.3. The van der Waals surface area contributed by atoms with Gasteiger partial charge in [-0.05, 0) is 45.4 Å². The van der Waals surface area contributed by atoms with Crippen LogP contribution in [0.3, 0.4) is 0 Å². The largest absolute Gasteiger partial charge is 0.478 e. The Bertz CT molecular complexity index is 649. The van der Waals surface area contributed by atoms with E-state index in [1.807, 2.05) is 26.8 Å². The van der Waals surface area contributed by atoms with Gasteiger partial charge in [0.1, 0.15) is 5.60 Å². The van der Waals surface area contributed by atoms with Gasteiger partial charge in [-0.2, -0.15) is 0 Å². The first kappa shape index (κ1) is 19.1. The molecule has 1 heterocycles. The maximum Gasteiger partial charge on any atom is 0.410 e. The number of aromatic carboxylic acids is 1. The predicted octanol–water partition coefficient (Wildman–Crippen LogP) is 3.83. The fourth-order valence-corrected chi connectivity index (χ4v) is 3.05. The maximum absolute atomic E-state index is 12.3. The molecule has 0 bridgehead atoms. The molecule has 2 rings (SSSR count). The molecule has 25 heavy (non-hydrogen) atoms. The van der Waals surface area contributed by atoms with E-state index in [4.69, 9.17) is 9.84 Å². The van der Waals surface area contributed by atoms with E-state index in [9.17, 15) is 9.59 Å². The third-order valence-corrected chi connectivity index (χ3v) is 4.33. The third-order valence-electron chi connectivity index (χ3n) is 4.33. The summed E-state index contributed by atoms with van der Waals surface area (Å²) in [6, 6.07) is 6.94. The van der Waals surface area contributed by atoms with Crippen molar-refractivity contribution in [3.63, 3.8) is 0 Å². The van der Waals surface area contributed by atoms with Gasteiger partial charge in [0.2, 0.25) is 0 Å². The number of ether oxygens (including phenoxy) is 1. The number of hydrogen-bond donors (Lipinski definition) is 2. The van der Waals surface area contributed by atoms with Crippen molar-refractivity contribution in [2.75, 3.05) is 18.4 Å². The van der Waals surface area contributed by atoms with Crippen LogP contribution in [0.25, 0.3) is 0 Å². The second-order valence-corrected chi connectivity index (χ2v) is 8.26. The molecule has 1 amide bonds. The van der Waals surface area contributed by atoms with E-state index in [2.05, 4.69) is 19.2 Å². The Morgan fingerprint density at radius 1 is 1.32 bits per heavy atom. The van der Waals surface area contributed by atoms with Crippen molar-refractivity contribution in [2.24, 2.45) is 5.41 Å². The molecule has 1 aromatic carbocycles. The Hall–Kier alpha value is -2.24. The average molecular weight is 348 g/mol. The second-order valence-electron chi connectivity index (χ2n) is 8.26. The number of rotatable bonds is 3. The van der Waals surface area contributed by atoms with Gasteiger partial charge < -0.3 is 20.1 Å². The third kappa shape index (κ3) is 5.11. The molecular formula is C19H28N2O4. The zero-order valence-corrected chi connectivity index (χ0v) is 15.6. The monoisotopic (exact) mass is 348 g/mol. The van der Waals surface area contributed by atoms with Gasteiger partial charge in [0, 0.05) is 30.2 Å². The highest BCUT2D eigenvalue weighted by atomic mass is 16.6. The van der Waals surface area contributed by atoms with Crippen LogP contribution in [0.15, 0.2) is 24.3 Å². The quantitative estimate of drug-likeness (QED) is 0.868. The number of hydrogen-bond acceptors (Lipinski definition) is 4. The molecule has 6 heteroatoms. The van der Waals surface area contributed by atoms with Crippen LogP contribution in [0.2, 0.25) is 0 Å². The number of benzene rings is 1. The van der Waals surface area contributed by atoms with E-state index in [1.165, 1.54) is 0 Å². The molecule has 6 nitrogen and oxygen atoms in total. The summed E-state index contributed by atoms with van der Waals surface area (Å²) in [4.78, 5) is 25.2. The van der Waals surface area contributed by atoms with Gasteiger partial charge in [-0.1, -0.05) is 19.9 Å². The SMILES string of the molecule is CC(C)(C)OC(=O)N1CCC(Nc2cccc(C(=O)O)c2)C(C)(C)C1. The van der Waals surface area contributed by atoms with Crippen molar-refractivity contribution >= 4 is 17.7 Å². The number of carbonyl (C=O) groups is 2. The zero-order valence-electron chi connectivity index (χ0n) is 15.6. The lowest BCUT2D eigenvalue weighted by atomic mass is 9.79. The van der Waals surface area contributed by atoms with Gasteiger partial charge in [-0.3, -0.25) is 0 Å². The molecule has 1 fully saturated rings. The summed E-state index contributed by atoms with van der Waals surface area (Å²) >= 11 is 0. The molecule has 1 atom stereocenters. The van der Waals surface area contributed by atoms with E-state index in [0.29, 0.717) is 13.1 Å². The van der Waals surface area contributed by atoms with Crippen LogP contribution in [-0.2, 0) is 4.74 Å². The molecule has 0 radical (unpaired) electrons. The summed E-state index contributed by atoms with van der Waals surface area (Å²) < 4.78 is 5.47. The molecule has 0 aromatic heterocycles. The first-order valence-corrected chi connectivity index (χ1v) is 8.56. The summed E-state index contributed by atoms with van der Waals surface area (Å²) in [5, 5.41) is 12.6. The lowest BCUT2D eigenvalue weighted by Gasteiger charge is -2.45. The van der Waals surface area contributed by atoms with Crippen LogP contribution >= 0.6 is 0 Å². The minimum Gasteiger partial charge on any atom is -0.478 e. The minimum atomic E-state index is -0.942. The molecule has 138 valence electrons. The van der Waals surface area contributed by atoms with Gasteiger partial charge in [0.05, 0.1) is 5.56 Å². The summed E-state index contributed by atoms with van der Waals surface area (Å²) in [6.45, 7) is 11.0. The highest BCUT2D eigenvalue weighted by Crippen LogP contribution is 2.32. The van der Waals surface area contributed by atoms with E-state index in [1.54, 1.807) is 23.1 Å². The van der Waals surface area contributed by atoms with Crippen molar-refractivity contribution in [1.82, 2.24) is 4.90 Å². The summed E-state index contributed by atoms with van der Waals surface area (Å²) in [7, 11) is 0. The topological polar surface area (TPSA) is 78.9 Å². The van der Waals surface area contributed by atoms with Crippen molar-refractivity contribution in [2.45, 2.75) is 52.7 Å². The number of nitrogens with one attached hydrogen (secondary N) is 1. The minimum absolute atomic E-state index is 0.134. The molecule has 1 aromatic rings. The van der Waals surface area contributed by atoms with Crippen molar-refractivity contribution in [3.8, 4) is 0 Å². The number of nitrogens with zero attached hydrogens (tertiary/aromatic N) is 1. The summed E-state index contributed by atoms with van der Waals surface area (Å²) in [5.41, 5.74) is 0.361. The fraction of sp³-hybridized carbons (Fsp3) is 0.579. The normalized spacial score (nSPS) is 20.0. The predicted molar refractivity (Wildman–Crippen MR) is 97.0 cm³/mol. The Labute approximate surface area is 149 Å². The van der Waals surface area contributed by atoms with Crippen molar-refractivity contribution in [1.29, 1.82) is 0 Å². The number of carboxylic acid groups (broad SMARTS) is 1. The van der Waals surface area contributed by atoms with Crippen LogP contribution in [-0.4, -0.2) is 46.8 Å². The number of piperidine rings is 1. The molecule has 1 saturated heterocycles. The Morgan fingerprint density at radius 3 is 2.56 bits per heavy atom. The molecule has 0 saturated carbocycles. The van der Waals surface area contributed by atoms with Gasteiger partial charge >= 0.3 is 12.1 Å². The smallest absolute Gasteiger partial charge is 0.410 e. The molecule has 1 aliphatic rings. The first-order valence-electron chi connectivity index (χ1n) is 8.56. The second kappa shape index (κ2) is 6.94. The standard InChI is InChI=1S/C19H28N2O4/c1-18(2,3)25-17(24)21-10-9-15(19(4,5)12-21)20-14-8-6-7-13(11-14)16(22)23/h6-8,11,15,20H,9-10,12H2,1-5H3,(H,22,23). The summed E-state index contributed by atoms with van der Waals surface area (Å²) in [6.07, 6.45) is 0.482. The van der Waals surface area contributed by atoms with Crippen LogP contribution in [0.1, 0.15) is 51.4 Å². The van der Waals surface area contributed by atoms with E-state index in [0.717, 1.165) is 12.1 Å². The Morgan fingerprint density at radius 2 is 2.00 bits per heavy atom.